The van der Waals surface area contributed by atoms with Gasteiger partial charge in [-0.05, 0) is 18.2 Å². The highest BCUT2D eigenvalue weighted by Gasteiger charge is 2.33. The average Bonchev–Trinajstić information content (AvgIpc) is 2.68. The number of halogens is 4. The van der Waals surface area contributed by atoms with Gasteiger partial charge in [-0.25, -0.2) is 4.98 Å². The van der Waals surface area contributed by atoms with Crippen LogP contribution in [0.5, 0.6) is 11.5 Å². The van der Waals surface area contributed by atoms with Crippen molar-refractivity contribution in [2.24, 2.45) is 0 Å². The van der Waals surface area contributed by atoms with Crippen molar-refractivity contribution in [2.75, 3.05) is 44.3 Å². The molecule has 0 unspecified atom stereocenters. The first kappa shape index (κ1) is 19.1. The van der Waals surface area contributed by atoms with E-state index in [2.05, 4.69) is 9.88 Å². The fourth-order valence-corrected chi connectivity index (χ4v) is 3.87. The number of hydrogen-bond donors (Lipinski definition) is 1. The van der Waals surface area contributed by atoms with E-state index >= 15 is 0 Å². The molecule has 1 fully saturated rings. The Morgan fingerprint density at radius 2 is 1.86 bits per heavy atom. The first-order valence-corrected chi connectivity index (χ1v) is 9.53. The molecule has 0 bridgehead atoms. The molecule has 0 spiro atoms. The standard InChI is InChI=1S/C19H19ClF3N3O2/c20-15-9-13(10-16-18(15)28-8-7-27-16)12-25-3-5-26(6-4-25)17-2-1-14(11-24-17)19(21,22)23/h1-2,9-11H,3-8,12H2/p+2. The number of quaternary nitrogens is 1. The summed E-state index contributed by atoms with van der Waals surface area (Å²) in [5.41, 5.74) is 0.412. The van der Waals surface area contributed by atoms with Gasteiger partial charge in [0.25, 0.3) is 5.82 Å². The number of pyridine rings is 1. The second kappa shape index (κ2) is 7.67. The molecule has 2 aliphatic rings. The zero-order valence-corrected chi connectivity index (χ0v) is 15.9. The molecule has 0 atom stereocenters. The summed E-state index contributed by atoms with van der Waals surface area (Å²) < 4.78 is 49.3. The molecular weight excluding hydrogens is 395 g/mol. The van der Waals surface area contributed by atoms with Crippen LogP contribution in [-0.4, -0.2) is 39.4 Å². The van der Waals surface area contributed by atoms with E-state index in [1.165, 1.54) is 11.0 Å². The van der Waals surface area contributed by atoms with Crippen molar-refractivity contribution in [3.05, 3.63) is 46.6 Å². The molecule has 4 rings (SSSR count). The summed E-state index contributed by atoms with van der Waals surface area (Å²) in [5.74, 6) is 2.00. The third-order valence-corrected chi connectivity index (χ3v) is 5.33. The molecule has 9 heteroatoms. The molecule has 3 heterocycles. The van der Waals surface area contributed by atoms with Crippen molar-refractivity contribution in [3.8, 4) is 11.5 Å². The third kappa shape index (κ3) is 4.12. The van der Waals surface area contributed by atoms with Gasteiger partial charge in [-0.3, -0.25) is 4.90 Å². The highest BCUT2D eigenvalue weighted by atomic mass is 35.5. The van der Waals surface area contributed by atoms with E-state index in [0.717, 1.165) is 50.6 Å². The number of nitrogens with zero attached hydrogens (tertiary/aromatic N) is 1. The number of hydrogen-bond acceptors (Lipinski definition) is 3. The summed E-state index contributed by atoms with van der Waals surface area (Å²) in [5, 5.41) is 0.560. The number of nitrogens with one attached hydrogen (secondary N) is 2. The maximum atomic E-state index is 12.7. The second-order valence-electron chi connectivity index (χ2n) is 6.98. The number of piperazine rings is 1. The van der Waals surface area contributed by atoms with E-state index in [1.54, 1.807) is 0 Å². The number of rotatable bonds is 3. The fraction of sp³-hybridized carbons (Fsp3) is 0.421. The van der Waals surface area contributed by atoms with E-state index in [1.807, 2.05) is 12.1 Å². The van der Waals surface area contributed by atoms with Crippen LogP contribution in [0.15, 0.2) is 30.5 Å². The minimum atomic E-state index is -4.33. The maximum Gasteiger partial charge on any atom is 0.419 e. The first-order chi connectivity index (χ1) is 13.4. The third-order valence-electron chi connectivity index (χ3n) is 5.05. The summed E-state index contributed by atoms with van der Waals surface area (Å²) in [6.07, 6.45) is -3.31. The predicted molar refractivity (Wildman–Crippen MR) is 97.1 cm³/mol. The van der Waals surface area contributed by atoms with Crippen molar-refractivity contribution < 1.29 is 32.5 Å². The van der Waals surface area contributed by atoms with Gasteiger partial charge >= 0.3 is 6.18 Å². The Morgan fingerprint density at radius 1 is 1.11 bits per heavy atom. The van der Waals surface area contributed by atoms with E-state index in [-0.39, 0.29) is 0 Å². The molecule has 5 nitrogen and oxygen atoms in total. The molecule has 0 amide bonds. The summed E-state index contributed by atoms with van der Waals surface area (Å²) in [6, 6.07) is 6.50. The van der Waals surface area contributed by atoms with Crippen LogP contribution >= 0.6 is 11.6 Å². The Morgan fingerprint density at radius 3 is 2.54 bits per heavy atom. The van der Waals surface area contributed by atoms with Crippen molar-refractivity contribution >= 4 is 17.4 Å². The number of alkyl halides is 3. The molecule has 1 aromatic carbocycles. The van der Waals surface area contributed by atoms with Gasteiger partial charge in [-0.2, -0.15) is 13.2 Å². The lowest BCUT2D eigenvalue weighted by atomic mass is 10.1. The maximum absolute atomic E-state index is 12.7. The Labute approximate surface area is 165 Å². The van der Waals surface area contributed by atoms with E-state index in [4.69, 9.17) is 21.1 Å². The summed E-state index contributed by atoms with van der Waals surface area (Å²) in [6.45, 7) is 5.09. The Bertz CT molecular complexity index is 838. The van der Waals surface area contributed by atoms with Gasteiger partial charge in [0, 0.05) is 11.6 Å². The molecule has 2 N–H and O–H groups in total. The van der Waals surface area contributed by atoms with E-state index in [0.29, 0.717) is 35.6 Å². The molecule has 2 aliphatic heterocycles. The van der Waals surface area contributed by atoms with Crippen molar-refractivity contribution in [1.82, 2.24) is 0 Å². The van der Waals surface area contributed by atoms with Crippen LogP contribution < -0.4 is 24.3 Å². The van der Waals surface area contributed by atoms with Crippen molar-refractivity contribution in [1.29, 1.82) is 0 Å². The van der Waals surface area contributed by atoms with Gasteiger partial charge in [0.15, 0.2) is 11.5 Å². The molecule has 1 saturated heterocycles. The first-order valence-electron chi connectivity index (χ1n) is 9.15. The second-order valence-corrected chi connectivity index (χ2v) is 7.38. The Hall–Kier alpha value is -2.19. The lowest BCUT2D eigenvalue weighted by Crippen LogP contribution is -3.13. The molecule has 0 aliphatic carbocycles. The Balaban J connectivity index is 1.36. The number of ether oxygens (including phenoxy) is 2. The minimum absolute atomic E-state index is 0.500. The summed E-state index contributed by atoms with van der Waals surface area (Å²) in [7, 11) is 0. The van der Waals surface area contributed by atoms with Crippen LogP contribution in [0.2, 0.25) is 5.02 Å². The number of aromatic amines is 1. The number of benzene rings is 1. The zero-order valence-electron chi connectivity index (χ0n) is 15.1. The summed E-state index contributed by atoms with van der Waals surface area (Å²) >= 11 is 6.31. The number of fused-ring (bicyclic) bond motifs is 1. The van der Waals surface area contributed by atoms with Crippen LogP contribution in [0.25, 0.3) is 0 Å². The SMILES string of the molecule is FC(F)(F)c1ccc(N2CC[NH+](Cc3cc(Cl)c4c(c3)OCCO4)CC2)[nH+]c1. The summed E-state index contributed by atoms with van der Waals surface area (Å²) in [4.78, 5) is 6.22. The highest BCUT2D eigenvalue weighted by Crippen LogP contribution is 2.38. The molecule has 2 aromatic rings. The quantitative estimate of drug-likeness (QED) is 0.831. The van der Waals surface area contributed by atoms with Gasteiger partial charge in [0.2, 0.25) is 0 Å². The fourth-order valence-electron chi connectivity index (χ4n) is 3.59. The van der Waals surface area contributed by atoms with Crippen LogP contribution in [0.3, 0.4) is 0 Å². The van der Waals surface area contributed by atoms with Crippen LogP contribution in [0.1, 0.15) is 11.1 Å². The highest BCUT2D eigenvalue weighted by molar-refractivity contribution is 6.32. The normalized spacial score (nSPS) is 17.6. The molecule has 1 aromatic heterocycles. The molecule has 150 valence electrons. The number of aromatic nitrogens is 1. The van der Waals surface area contributed by atoms with Crippen LogP contribution in [0, 0.1) is 0 Å². The van der Waals surface area contributed by atoms with Crippen LogP contribution in [-0.2, 0) is 12.7 Å². The van der Waals surface area contributed by atoms with Gasteiger partial charge in [0.1, 0.15) is 52.1 Å². The van der Waals surface area contributed by atoms with Crippen LogP contribution in [0.4, 0.5) is 19.0 Å². The van der Waals surface area contributed by atoms with Gasteiger partial charge in [-0.1, -0.05) is 11.6 Å². The largest absolute Gasteiger partial charge is 0.486 e. The minimum Gasteiger partial charge on any atom is -0.486 e. The van der Waals surface area contributed by atoms with Crippen molar-refractivity contribution in [2.45, 2.75) is 12.7 Å². The van der Waals surface area contributed by atoms with Gasteiger partial charge in [0.05, 0.1) is 10.6 Å². The van der Waals surface area contributed by atoms with Gasteiger partial charge in [-0.15, -0.1) is 0 Å². The Kier molecular flexibility index (Phi) is 5.25. The predicted octanol–water partition coefficient (Wildman–Crippen LogP) is 1.85. The topological polar surface area (TPSA) is 40.3 Å². The molecule has 0 radical (unpaired) electrons. The molecular formula is C19H21ClF3N3O2+2. The number of H-pyrrole nitrogens is 1. The lowest BCUT2D eigenvalue weighted by Gasteiger charge is -2.29. The average molecular weight is 416 g/mol. The number of anilines is 1. The lowest BCUT2D eigenvalue weighted by molar-refractivity contribution is -0.914. The smallest absolute Gasteiger partial charge is 0.419 e. The molecule has 0 saturated carbocycles. The van der Waals surface area contributed by atoms with E-state index in [9.17, 15) is 13.2 Å². The van der Waals surface area contributed by atoms with E-state index < -0.39 is 11.7 Å². The molecule has 28 heavy (non-hydrogen) atoms. The van der Waals surface area contributed by atoms with Crippen molar-refractivity contribution in [3.63, 3.8) is 0 Å². The zero-order chi connectivity index (χ0) is 19.7. The monoisotopic (exact) mass is 415 g/mol. The van der Waals surface area contributed by atoms with Gasteiger partial charge < -0.3 is 14.4 Å².